The minimum atomic E-state index is -0.310. The quantitative estimate of drug-likeness (QED) is 0.173. The predicted molar refractivity (Wildman–Crippen MR) is 117 cm³/mol. The SMILES string of the molecule is CCCCCCCCCCCOC(=O)c1cccc2c1-c1ccccc1/C2=N/O. The fourth-order valence-corrected chi connectivity index (χ4v) is 4.03. The number of fused-ring (bicyclic) bond motifs is 3. The van der Waals surface area contributed by atoms with Gasteiger partial charge in [-0.3, -0.25) is 0 Å². The number of hydrogen-bond donors (Lipinski definition) is 1. The maximum Gasteiger partial charge on any atom is 0.338 e. The lowest BCUT2D eigenvalue weighted by molar-refractivity contribution is 0.0498. The molecule has 2 aromatic carbocycles. The van der Waals surface area contributed by atoms with Crippen molar-refractivity contribution in [2.24, 2.45) is 5.16 Å². The van der Waals surface area contributed by atoms with Crippen molar-refractivity contribution < 1.29 is 14.7 Å². The maximum atomic E-state index is 12.7. The first-order valence-corrected chi connectivity index (χ1v) is 10.9. The third-order valence-corrected chi connectivity index (χ3v) is 5.57. The molecular formula is C25H31NO3. The van der Waals surface area contributed by atoms with Gasteiger partial charge in [0.15, 0.2) is 0 Å². The maximum absolute atomic E-state index is 12.7. The lowest BCUT2D eigenvalue weighted by atomic mass is 9.99. The van der Waals surface area contributed by atoms with Gasteiger partial charge in [0, 0.05) is 16.7 Å². The average Bonchev–Trinajstić information content (AvgIpc) is 3.08. The summed E-state index contributed by atoms with van der Waals surface area (Å²) in [6.45, 7) is 2.68. The second-order valence-electron chi connectivity index (χ2n) is 7.69. The molecule has 1 N–H and O–H groups in total. The van der Waals surface area contributed by atoms with Gasteiger partial charge in [-0.2, -0.15) is 0 Å². The molecule has 0 bridgehead atoms. The highest BCUT2D eigenvalue weighted by atomic mass is 16.5. The molecule has 4 nitrogen and oxygen atoms in total. The number of ether oxygens (including phenoxy) is 1. The number of esters is 1. The predicted octanol–water partition coefficient (Wildman–Crippen LogP) is 6.58. The van der Waals surface area contributed by atoms with Crippen LogP contribution in [0.3, 0.4) is 0 Å². The standard InChI is InChI=1S/C25H31NO3/c1-2-3-4-5-6-7-8-9-12-18-29-25(27)22-17-13-16-21-23(22)19-14-10-11-15-20(19)24(21)26-28/h10-11,13-17,28H,2-9,12,18H2,1H3/b26-24-. The van der Waals surface area contributed by atoms with Gasteiger partial charge in [-0.1, -0.05) is 99.8 Å². The molecule has 0 saturated heterocycles. The Hall–Kier alpha value is -2.62. The summed E-state index contributed by atoms with van der Waals surface area (Å²) >= 11 is 0. The first-order chi connectivity index (χ1) is 14.3. The van der Waals surface area contributed by atoms with E-state index in [4.69, 9.17) is 4.74 Å². The molecule has 0 amide bonds. The van der Waals surface area contributed by atoms with Crippen molar-refractivity contribution in [3.8, 4) is 11.1 Å². The molecule has 29 heavy (non-hydrogen) atoms. The van der Waals surface area contributed by atoms with E-state index in [9.17, 15) is 10.0 Å². The van der Waals surface area contributed by atoms with Crippen molar-refractivity contribution >= 4 is 11.7 Å². The van der Waals surface area contributed by atoms with E-state index >= 15 is 0 Å². The molecule has 0 aliphatic heterocycles. The fraction of sp³-hybridized carbons (Fsp3) is 0.440. The van der Waals surface area contributed by atoms with Gasteiger partial charge in [-0.05, 0) is 18.1 Å². The Bertz CT molecular complexity index is 857. The largest absolute Gasteiger partial charge is 0.462 e. The number of oxime groups is 1. The molecule has 3 rings (SSSR count). The van der Waals surface area contributed by atoms with E-state index in [0.29, 0.717) is 17.9 Å². The summed E-state index contributed by atoms with van der Waals surface area (Å²) in [4.78, 5) is 12.7. The van der Waals surface area contributed by atoms with Crippen LogP contribution in [0.5, 0.6) is 0 Å². The lowest BCUT2D eigenvalue weighted by Crippen LogP contribution is -2.08. The second-order valence-corrected chi connectivity index (χ2v) is 7.69. The number of carbonyl (C=O) groups is 1. The van der Waals surface area contributed by atoms with E-state index in [1.54, 1.807) is 6.07 Å². The first kappa shape index (κ1) is 21.1. The van der Waals surface area contributed by atoms with Gasteiger partial charge in [0.05, 0.1) is 12.2 Å². The van der Waals surface area contributed by atoms with Crippen LogP contribution in [0, 0.1) is 0 Å². The topological polar surface area (TPSA) is 58.9 Å². The first-order valence-electron chi connectivity index (χ1n) is 10.9. The zero-order valence-electron chi connectivity index (χ0n) is 17.3. The van der Waals surface area contributed by atoms with Gasteiger partial charge in [-0.25, -0.2) is 4.79 Å². The Morgan fingerprint density at radius 1 is 0.828 bits per heavy atom. The zero-order valence-corrected chi connectivity index (χ0v) is 17.3. The molecular weight excluding hydrogens is 362 g/mol. The summed E-state index contributed by atoms with van der Waals surface area (Å²) in [5.41, 5.74) is 4.35. The van der Waals surface area contributed by atoms with Crippen molar-refractivity contribution in [2.75, 3.05) is 6.61 Å². The van der Waals surface area contributed by atoms with Crippen molar-refractivity contribution in [1.82, 2.24) is 0 Å². The molecule has 4 heteroatoms. The Morgan fingerprint density at radius 3 is 2.14 bits per heavy atom. The fourth-order valence-electron chi connectivity index (χ4n) is 4.03. The summed E-state index contributed by atoms with van der Waals surface area (Å²) in [5, 5.41) is 12.9. The molecule has 2 aromatic rings. The van der Waals surface area contributed by atoms with Gasteiger partial charge in [-0.15, -0.1) is 0 Å². The third kappa shape index (κ3) is 5.06. The highest BCUT2D eigenvalue weighted by molar-refractivity contribution is 6.26. The highest BCUT2D eigenvalue weighted by Gasteiger charge is 2.29. The van der Waals surface area contributed by atoms with Crippen molar-refractivity contribution in [3.63, 3.8) is 0 Å². The molecule has 0 atom stereocenters. The smallest absolute Gasteiger partial charge is 0.338 e. The van der Waals surface area contributed by atoms with E-state index in [1.807, 2.05) is 36.4 Å². The average molecular weight is 394 g/mol. The van der Waals surface area contributed by atoms with Crippen molar-refractivity contribution in [3.05, 3.63) is 59.2 Å². The molecule has 0 radical (unpaired) electrons. The molecule has 0 fully saturated rings. The Labute approximate surface area is 173 Å². The second kappa shape index (κ2) is 10.8. The normalized spacial score (nSPS) is 13.3. The summed E-state index contributed by atoms with van der Waals surface area (Å²) in [5.74, 6) is -0.310. The van der Waals surface area contributed by atoms with Crippen LogP contribution in [0.4, 0.5) is 0 Å². The van der Waals surface area contributed by atoms with E-state index in [0.717, 1.165) is 35.1 Å². The number of benzene rings is 2. The van der Waals surface area contributed by atoms with Gasteiger partial charge >= 0.3 is 5.97 Å². The molecule has 1 aliphatic rings. The number of unbranched alkanes of at least 4 members (excludes halogenated alkanes) is 8. The van der Waals surface area contributed by atoms with E-state index in [1.165, 1.54) is 44.9 Å². The Morgan fingerprint density at radius 2 is 1.45 bits per heavy atom. The molecule has 0 heterocycles. The summed E-state index contributed by atoms with van der Waals surface area (Å²) in [7, 11) is 0. The van der Waals surface area contributed by atoms with Crippen LogP contribution in [0.1, 0.15) is 86.2 Å². The minimum Gasteiger partial charge on any atom is -0.462 e. The van der Waals surface area contributed by atoms with Gasteiger partial charge in [0.1, 0.15) is 5.71 Å². The molecule has 0 unspecified atom stereocenters. The lowest BCUT2D eigenvalue weighted by Gasteiger charge is -2.09. The molecule has 0 aromatic heterocycles. The number of hydrogen-bond acceptors (Lipinski definition) is 4. The summed E-state index contributed by atoms with van der Waals surface area (Å²) in [6, 6.07) is 13.2. The van der Waals surface area contributed by atoms with E-state index < -0.39 is 0 Å². The molecule has 1 aliphatic carbocycles. The summed E-state index contributed by atoms with van der Waals surface area (Å²) < 4.78 is 5.56. The van der Waals surface area contributed by atoms with Crippen LogP contribution in [0.2, 0.25) is 0 Å². The molecule has 0 saturated carbocycles. The Balaban J connectivity index is 1.52. The van der Waals surface area contributed by atoms with Gasteiger partial charge in [0.2, 0.25) is 0 Å². The molecule has 0 spiro atoms. The van der Waals surface area contributed by atoms with Gasteiger partial charge < -0.3 is 9.94 Å². The number of rotatable bonds is 11. The van der Waals surface area contributed by atoms with Crippen LogP contribution in [-0.4, -0.2) is 23.5 Å². The third-order valence-electron chi connectivity index (χ3n) is 5.57. The van der Waals surface area contributed by atoms with Crippen molar-refractivity contribution in [1.29, 1.82) is 0 Å². The monoisotopic (exact) mass is 393 g/mol. The zero-order chi connectivity index (χ0) is 20.5. The van der Waals surface area contributed by atoms with E-state index in [2.05, 4.69) is 12.1 Å². The summed E-state index contributed by atoms with van der Waals surface area (Å²) in [6.07, 6.45) is 11.1. The Kier molecular flexibility index (Phi) is 7.85. The number of nitrogens with zero attached hydrogens (tertiary/aromatic N) is 1. The van der Waals surface area contributed by atoms with Crippen LogP contribution in [0.15, 0.2) is 47.6 Å². The van der Waals surface area contributed by atoms with Crippen molar-refractivity contribution in [2.45, 2.75) is 64.7 Å². The van der Waals surface area contributed by atoms with Crippen LogP contribution in [-0.2, 0) is 4.74 Å². The van der Waals surface area contributed by atoms with E-state index in [-0.39, 0.29) is 5.97 Å². The van der Waals surface area contributed by atoms with Crippen LogP contribution >= 0.6 is 0 Å². The number of carbonyl (C=O) groups excluding carboxylic acids is 1. The van der Waals surface area contributed by atoms with Gasteiger partial charge in [0.25, 0.3) is 0 Å². The van der Waals surface area contributed by atoms with Crippen LogP contribution < -0.4 is 0 Å². The highest BCUT2D eigenvalue weighted by Crippen LogP contribution is 2.39. The minimum absolute atomic E-state index is 0.310. The molecule has 154 valence electrons. The van der Waals surface area contributed by atoms with Crippen LogP contribution in [0.25, 0.3) is 11.1 Å².